The first kappa shape index (κ1) is 10.5. The molecule has 1 aliphatic carbocycles. The van der Waals surface area contributed by atoms with Crippen molar-refractivity contribution in [3.8, 4) is 0 Å². The van der Waals surface area contributed by atoms with E-state index in [0.29, 0.717) is 31.1 Å². The van der Waals surface area contributed by atoms with E-state index in [0.717, 1.165) is 24.0 Å². The van der Waals surface area contributed by atoms with Crippen LogP contribution in [0.25, 0.3) is 0 Å². The van der Waals surface area contributed by atoms with Crippen molar-refractivity contribution in [1.29, 1.82) is 0 Å². The lowest BCUT2D eigenvalue weighted by Crippen LogP contribution is -2.14. The lowest BCUT2D eigenvalue weighted by atomic mass is 9.81. The van der Waals surface area contributed by atoms with Gasteiger partial charge in [0, 0.05) is 24.9 Å². The zero-order valence-electron chi connectivity index (χ0n) is 9.66. The van der Waals surface area contributed by atoms with Gasteiger partial charge in [0.1, 0.15) is 5.78 Å². The molecule has 0 saturated heterocycles. The summed E-state index contributed by atoms with van der Waals surface area (Å²) >= 11 is 0. The minimum Gasteiger partial charge on any atom is -0.348 e. The quantitative estimate of drug-likeness (QED) is 0.802. The predicted molar refractivity (Wildman–Crippen MR) is 63.8 cm³/mol. The molecule has 1 amide bonds. The summed E-state index contributed by atoms with van der Waals surface area (Å²) in [6.07, 6.45) is 3.25. The Kier molecular flexibility index (Phi) is 2.46. The van der Waals surface area contributed by atoms with Crippen LogP contribution in [0.15, 0.2) is 18.2 Å². The predicted octanol–water partition coefficient (Wildman–Crippen LogP) is 2.16. The number of Topliss-reactive ketones (excluding diaryl/α,β-unsaturated/α-hetero) is 1. The topological polar surface area (TPSA) is 46.2 Å². The highest BCUT2D eigenvalue weighted by atomic mass is 16.2. The Balaban J connectivity index is 1.94. The van der Waals surface area contributed by atoms with Gasteiger partial charge in [-0.1, -0.05) is 12.1 Å². The molecule has 17 heavy (non-hydrogen) atoms. The molecule has 3 rings (SSSR count). The highest BCUT2D eigenvalue weighted by Crippen LogP contribution is 2.35. The highest BCUT2D eigenvalue weighted by Gasteiger charge is 2.27. The SMILES string of the molecule is O=C1CCC(c2cccc3c2CNC3=O)CC1. The van der Waals surface area contributed by atoms with E-state index in [1.165, 1.54) is 5.56 Å². The molecule has 0 radical (unpaired) electrons. The average Bonchev–Trinajstić information content (AvgIpc) is 2.73. The van der Waals surface area contributed by atoms with E-state index in [2.05, 4.69) is 11.4 Å². The summed E-state index contributed by atoms with van der Waals surface area (Å²) in [6.45, 7) is 0.648. The van der Waals surface area contributed by atoms with Crippen LogP contribution in [0.5, 0.6) is 0 Å². The molecule has 1 aromatic carbocycles. The number of carbonyl (C=O) groups is 2. The van der Waals surface area contributed by atoms with Crippen molar-refractivity contribution in [3.05, 3.63) is 34.9 Å². The van der Waals surface area contributed by atoms with Crippen LogP contribution >= 0.6 is 0 Å². The lowest BCUT2D eigenvalue weighted by molar-refractivity contribution is -0.120. The normalized spacial score (nSPS) is 20.2. The summed E-state index contributed by atoms with van der Waals surface area (Å²) in [5.41, 5.74) is 3.24. The van der Waals surface area contributed by atoms with Gasteiger partial charge in [-0.15, -0.1) is 0 Å². The zero-order chi connectivity index (χ0) is 11.8. The molecule has 1 N–H and O–H groups in total. The number of nitrogens with one attached hydrogen (secondary N) is 1. The molecule has 3 nitrogen and oxygen atoms in total. The number of ketones is 1. The van der Waals surface area contributed by atoms with E-state index in [1.807, 2.05) is 12.1 Å². The van der Waals surface area contributed by atoms with Gasteiger partial charge in [-0.05, 0) is 36.0 Å². The summed E-state index contributed by atoms with van der Waals surface area (Å²) < 4.78 is 0. The molecular formula is C14H15NO2. The number of rotatable bonds is 1. The number of hydrogen-bond acceptors (Lipinski definition) is 2. The summed E-state index contributed by atoms with van der Waals surface area (Å²) in [5, 5.41) is 2.87. The summed E-state index contributed by atoms with van der Waals surface area (Å²) in [6, 6.07) is 5.95. The van der Waals surface area contributed by atoms with E-state index in [9.17, 15) is 9.59 Å². The van der Waals surface area contributed by atoms with Gasteiger partial charge in [0.2, 0.25) is 0 Å². The molecule has 0 atom stereocenters. The van der Waals surface area contributed by atoms with Gasteiger partial charge in [-0.2, -0.15) is 0 Å². The molecule has 0 bridgehead atoms. The molecule has 1 aliphatic heterocycles. The molecule has 2 aliphatic rings. The van der Waals surface area contributed by atoms with Crippen molar-refractivity contribution in [3.63, 3.8) is 0 Å². The van der Waals surface area contributed by atoms with Crippen molar-refractivity contribution in [2.45, 2.75) is 38.1 Å². The zero-order valence-corrected chi connectivity index (χ0v) is 9.66. The second kappa shape index (κ2) is 3.99. The molecule has 88 valence electrons. The Morgan fingerprint density at radius 2 is 1.88 bits per heavy atom. The fraction of sp³-hybridized carbons (Fsp3) is 0.429. The Morgan fingerprint density at radius 3 is 2.65 bits per heavy atom. The van der Waals surface area contributed by atoms with Crippen molar-refractivity contribution in [2.75, 3.05) is 0 Å². The van der Waals surface area contributed by atoms with Gasteiger partial charge in [0.15, 0.2) is 0 Å². The third-order valence-corrected chi connectivity index (χ3v) is 3.87. The fourth-order valence-electron chi connectivity index (χ4n) is 2.91. The lowest BCUT2D eigenvalue weighted by Gasteiger charge is -2.23. The van der Waals surface area contributed by atoms with Crippen LogP contribution < -0.4 is 5.32 Å². The van der Waals surface area contributed by atoms with Crippen LogP contribution in [0.1, 0.15) is 53.1 Å². The van der Waals surface area contributed by atoms with E-state index in [-0.39, 0.29) is 5.91 Å². The summed E-state index contributed by atoms with van der Waals surface area (Å²) in [7, 11) is 0. The van der Waals surface area contributed by atoms with E-state index in [1.54, 1.807) is 0 Å². The largest absolute Gasteiger partial charge is 0.348 e. The second-order valence-electron chi connectivity index (χ2n) is 4.87. The first-order chi connectivity index (χ1) is 8.25. The smallest absolute Gasteiger partial charge is 0.251 e. The van der Waals surface area contributed by atoms with E-state index >= 15 is 0 Å². The van der Waals surface area contributed by atoms with Crippen molar-refractivity contribution in [1.82, 2.24) is 5.32 Å². The molecule has 1 aromatic rings. The third kappa shape index (κ3) is 1.75. The Labute approximate surface area is 100 Å². The van der Waals surface area contributed by atoms with E-state index < -0.39 is 0 Å². The van der Waals surface area contributed by atoms with Gasteiger partial charge < -0.3 is 5.32 Å². The number of fused-ring (bicyclic) bond motifs is 1. The molecular weight excluding hydrogens is 214 g/mol. The number of hydrogen-bond donors (Lipinski definition) is 1. The minimum atomic E-state index is 0.0359. The molecule has 3 heteroatoms. The first-order valence-electron chi connectivity index (χ1n) is 6.17. The maximum absolute atomic E-state index is 11.6. The second-order valence-corrected chi connectivity index (χ2v) is 4.87. The molecule has 1 saturated carbocycles. The highest BCUT2D eigenvalue weighted by molar-refractivity contribution is 5.98. The standard InChI is InChI=1S/C14H15NO2/c16-10-6-4-9(5-7-10)11-2-1-3-12-13(11)8-15-14(12)17/h1-3,9H,4-8H2,(H,15,17). The third-order valence-electron chi connectivity index (χ3n) is 3.87. The maximum Gasteiger partial charge on any atom is 0.251 e. The fourth-order valence-corrected chi connectivity index (χ4v) is 2.91. The van der Waals surface area contributed by atoms with Crippen molar-refractivity contribution >= 4 is 11.7 Å². The van der Waals surface area contributed by atoms with Crippen LogP contribution in [0.4, 0.5) is 0 Å². The van der Waals surface area contributed by atoms with Crippen molar-refractivity contribution in [2.24, 2.45) is 0 Å². The Hall–Kier alpha value is -1.64. The molecule has 1 fully saturated rings. The number of benzene rings is 1. The maximum atomic E-state index is 11.6. The first-order valence-corrected chi connectivity index (χ1v) is 6.17. The molecule has 0 spiro atoms. The van der Waals surface area contributed by atoms with Gasteiger partial charge >= 0.3 is 0 Å². The van der Waals surface area contributed by atoms with Gasteiger partial charge in [-0.3, -0.25) is 9.59 Å². The molecule has 1 heterocycles. The Bertz CT molecular complexity index is 483. The van der Waals surface area contributed by atoms with Gasteiger partial charge in [0.05, 0.1) is 0 Å². The Morgan fingerprint density at radius 1 is 1.12 bits per heavy atom. The molecule has 0 unspecified atom stereocenters. The number of carbonyl (C=O) groups excluding carboxylic acids is 2. The van der Waals surface area contributed by atoms with E-state index in [4.69, 9.17) is 0 Å². The number of amides is 1. The van der Waals surface area contributed by atoms with Crippen LogP contribution in [-0.4, -0.2) is 11.7 Å². The summed E-state index contributed by atoms with van der Waals surface area (Å²) in [4.78, 5) is 22.8. The average molecular weight is 229 g/mol. The van der Waals surface area contributed by atoms with Gasteiger partial charge in [0.25, 0.3) is 5.91 Å². The van der Waals surface area contributed by atoms with Crippen LogP contribution in [0, 0.1) is 0 Å². The monoisotopic (exact) mass is 229 g/mol. The molecule has 0 aromatic heterocycles. The van der Waals surface area contributed by atoms with Crippen molar-refractivity contribution < 1.29 is 9.59 Å². The minimum absolute atomic E-state index is 0.0359. The van der Waals surface area contributed by atoms with Gasteiger partial charge in [-0.25, -0.2) is 0 Å². The summed E-state index contributed by atoms with van der Waals surface area (Å²) in [5.74, 6) is 0.868. The van der Waals surface area contributed by atoms with Crippen LogP contribution in [0.3, 0.4) is 0 Å². The van der Waals surface area contributed by atoms with Crippen LogP contribution in [-0.2, 0) is 11.3 Å². The van der Waals surface area contributed by atoms with Crippen LogP contribution in [0.2, 0.25) is 0 Å².